The molecule has 0 spiro atoms. The summed E-state index contributed by atoms with van der Waals surface area (Å²) in [6.45, 7) is 0. The van der Waals surface area contributed by atoms with Gasteiger partial charge in [0.2, 0.25) is 0 Å². The zero-order valence-electron chi connectivity index (χ0n) is 6.79. The first-order chi connectivity index (χ1) is 5.79. The van der Waals surface area contributed by atoms with Crippen LogP contribution in [0.15, 0.2) is 24.4 Å². The highest BCUT2D eigenvalue weighted by molar-refractivity contribution is 7.01. The van der Waals surface area contributed by atoms with Crippen LogP contribution in [0.25, 0.3) is 10.9 Å². The van der Waals surface area contributed by atoms with Crippen molar-refractivity contribution in [1.29, 1.82) is 0 Å². The van der Waals surface area contributed by atoms with Crippen LogP contribution in [0.1, 0.15) is 0 Å². The summed E-state index contributed by atoms with van der Waals surface area (Å²) in [5.41, 5.74) is 1.04. The quantitative estimate of drug-likeness (QED) is 0.616. The van der Waals surface area contributed by atoms with E-state index in [2.05, 4.69) is 17.2 Å². The van der Waals surface area contributed by atoms with Crippen molar-refractivity contribution >= 4 is 42.9 Å². The molecule has 12 heavy (non-hydrogen) atoms. The van der Waals surface area contributed by atoms with Crippen LogP contribution in [0, 0.1) is 0 Å². The van der Waals surface area contributed by atoms with E-state index in [9.17, 15) is 0 Å². The number of hydrogen-bond acceptors (Lipinski definition) is 1. The van der Waals surface area contributed by atoms with Crippen molar-refractivity contribution < 1.29 is 0 Å². The van der Waals surface area contributed by atoms with Crippen LogP contribution in [0.4, 0.5) is 0 Å². The largest absolute Gasteiger partial charge is 0.538 e. The molecule has 0 radical (unpaired) electrons. The Morgan fingerprint density at radius 1 is 1.50 bits per heavy atom. The van der Waals surface area contributed by atoms with E-state index in [0.29, 0.717) is 0 Å². The Morgan fingerprint density at radius 2 is 2.33 bits per heavy atom. The molecule has 0 aliphatic heterocycles. The van der Waals surface area contributed by atoms with Gasteiger partial charge >= 0.3 is 19.3 Å². The molecule has 1 heterocycles. The zero-order valence-corrected chi connectivity index (χ0v) is 8.96. The number of hydrogen-bond donors (Lipinski definition) is 0. The topological polar surface area (TPSA) is 17.8 Å². The molecule has 0 amide bonds. The van der Waals surface area contributed by atoms with Crippen LogP contribution in [0.3, 0.4) is 0 Å². The molecule has 0 N–H and O–H groups in total. The van der Waals surface area contributed by atoms with E-state index in [1.165, 1.54) is 9.08 Å². The normalized spacial score (nSPS) is 10.2. The second-order valence-electron chi connectivity index (χ2n) is 2.83. The van der Waals surface area contributed by atoms with E-state index in [-0.39, 0.29) is 0 Å². The van der Waals surface area contributed by atoms with Gasteiger partial charge < -0.3 is 9.07 Å². The van der Waals surface area contributed by atoms with Gasteiger partial charge in [0.1, 0.15) is 0 Å². The number of fused-ring (bicyclic) bond motifs is 1. The van der Waals surface area contributed by atoms with Crippen molar-refractivity contribution in [3.05, 3.63) is 24.4 Å². The first-order valence-corrected chi connectivity index (χ1v) is 6.62. The minimum Gasteiger partial charge on any atom is -0.336 e. The second kappa shape index (κ2) is 3.24. The lowest BCUT2D eigenvalue weighted by atomic mass is 10.3. The second-order valence-corrected chi connectivity index (χ2v) is 4.72. The maximum Gasteiger partial charge on any atom is 0.538 e. The molecule has 0 aliphatic carbocycles. The van der Waals surface area contributed by atoms with Gasteiger partial charge in [0.25, 0.3) is 0 Å². The van der Waals surface area contributed by atoms with E-state index in [1.807, 2.05) is 24.0 Å². The van der Waals surface area contributed by atoms with Gasteiger partial charge in [-0.3, -0.25) is 4.68 Å². The summed E-state index contributed by atoms with van der Waals surface area (Å²) < 4.78 is 3.10. The monoisotopic (exact) mass is 190 g/mol. The minimum atomic E-state index is -0.553. The number of rotatable bonds is 1. The smallest absolute Gasteiger partial charge is 0.336 e. The van der Waals surface area contributed by atoms with Crippen molar-refractivity contribution in [3.63, 3.8) is 0 Å². The van der Waals surface area contributed by atoms with Crippen molar-refractivity contribution in [2.75, 3.05) is 0 Å². The average Bonchev–Trinajstić information content (AvgIpc) is 2.43. The molecular formula is C8H7ClMgN2. The molecule has 2 nitrogen and oxygen atoms in total. The predicted molar refractivity (Wildman–Crippen MR) is 52.0 cm³/mol. The lowest BCUT2D eigenvalue weighted by Gasteiger charge is -1.91. The number of halogens is 1. The fraction of sp³-hybridized carbons (Fsp3) is 0.125. The van der Waals surface area contributed by atoms with E-state index in [4.69, 9.17) is 9.07 Å². The summed E-state index contributed by atoms with van der Waals surface area (Å²) in [4.78, 5) is 0. The van der Waals surface area contributed by atoms with Crippen LogP contribution in [-0.4, -0.2) is 29.0 Å². The maximum atomic E-state index is 5.85. The minimum absolute atomic E-state index is 0.553. The Balaban J connectivity index is 2.66. The van der Waals surface area contributed by atoms with Crippen molar-refractivity contribution in [3.8, 4) is 0 Å². The molecule has 0 unspecified atom stereocenters. The standard InChI is InChI=1S/C8H7N2.ClH.Mg/c1-10-6-7-4-2-3-5-8(7)9-10;;/h3-6H,1H3;1H;/q;;+1/p-1. The SMILES string of the molecule is Cn1cc2c[c]([Mg][Cl])ccc2n1. The van der Waals surface area contributed by atoms with Crippen LogP contribution >= 0.6 is 9.07 Å². The Morgan fingerprint density at radius 3 is 3.08 bits per heavy atom. The number of nitrogens with zero attached hydrogens (tertiary/aromatic N) is 2. The fourth-order valence-corrected chi connectivity index (χ4v) is 2.28. The summed E-state index contributed by atoms with van der Waals surface area (Å²) in [5.74, 6) is 0. The van der Waals surface area contributed by atoms with Gasteiger partial charge in [-0.25, -0.2) is 0 Å². The van der Waals surface area contributed by atoms with Crippen LogP contribution in [0.5, 0.6) is 0 Å². The van der Waals surface area contributed by atoms with Gasteiger partial charge in [-0.05, 0) is 6.07 Å². The third kappa shape index (κ3) is 1.44. The Bertz CT molecular complexity index is 410. The van der Waals surface area contributed by atoms with Crippen LogP contribution in [-0.2, 0) is 7.05 Å². The maximum absolute atomic E-state index is 5.85. The summed E-state index contributed by atoms with van der Waals surface area (Å²) in [6.07, 6.45) is 2.01. The predicted octanol–water partition coefficient (Wildman–Crippen LogP) is 1.06. The molecular weight excluding hydrogens is 184 g/mol. The summed E-state index contributed by atoms with van der Waals surface area (Å²) in [5, 5.41) is 5.46. The molecule has 0 fully saturated rings. The Hall–Kier alpha value is -0.254. The van der Waals surface area contributed by atoms with Gasteiger partial charge in [0.15, 0.2) is 0 Å². The summed E-state index contributed by atoms with van der Waals surface area (Å²) in [7, 11) is 7.77. The molecule has 0 bridgehead atoms. The highest BCUT2D eigenvalue weighted by Crippen LogP contribution is 2.08. The molecule has 0 aliphatic rings. The highest BCUT2D eigenvalue weighted by atomic mass is 35.5. The molecule has 2 rings (SSSR count). The first-order valence-electron chi connectivity index (χ1n) is 3.78. The molecule has 2 aromatic rings. The van der Waals surface area contributed by atoms with Crippen molar-refractivity contribution in [2.45, 2.75) is 0 Å². The zero-order chi connectivity index (χ0) is 8.55. The summed E-state index contributed by atoms with van der Waals surface area (Å²) in [6, 6.07) is 6.22. The molecule has 0 saturated carbocycles. The van der Waals surface area contributed by atoms with E-state index >= 15 is 0 Å². The van der Waals surface area contributed by atoms with Crippen molar-refractivity contribution in [1.82, 2.24) is 9.78 Å². The lowest BCUT2D eigenvalue weighted by Crippen LogP contribution is -2.06. The molecule has 1 aromatic heterocycles. The highest BCUT2D eigenvalue weighted by Gasteiger charge is 2.00. The summed E-state index contributed by atoms with van der Waals surface area (Å²) >= 11 is -0.553. The first kappa shape index (κ1) is 8.35. The molecule has 0 saturated heterocycles. The van der Waals surface area contributed by atoms with E-state index in [0.717, 1.165) is 5.52 Å². The number of aromatic nitrogens is 2. The van der Waals surface area contributed by atoms with Gasteiger partial charge in [0.05, 0.1) is 5.52 Å². The Labute approximate surface area is 84.0 Å². The molecule has 4 heteroatoms. The number of benzene rings is 1. The molecule has 1 aromatic carbocycles. The average molecular weight is 191 g/mol. The third-order valence-electron chi connectivity index (χ3n) is 1.84. The van der Waals surface area contributed by atoms with Crippen molar-refractivity contribution in [2.24, 2.45) is 7.05 Å². The fourth-order valence-electron chi connectivity index (χ4n) is 1.28. The van der Waals surface area contributed by atoms with Crippen LogP contribution < -0.4 is 3.69 Å². The molecule has 58 valence electrons. The van der Waals surface area contributed by atoms with Gasteiger partial charge in [0, 0.05) is 18.6 Å². The Kier molecular flexibility index (Phi) is 2.26. The third-order valence-corrected chi connectivity index (χ3v) is 3.51. The van der Waals surface area contributed by atoms with Gasteiger partial charge in [-0.2, -0.15) is 5.10 Å². The van der Waals surface area contributed by atoms with Crippen LogP contribution in [0.2, 0.25) is 0 Å². The number of aryl methyl sites for hydroxylation is 1. The van der Waals surface area contributed by atoms with E-state index in [1.54, 1.807) is 0 Å². The van der Waals surface area contributed by atoms with Gasteiger partial charge in [-0.15, -0.1) is 3.69 Å². The molecule has 0 atom stereocenters. The lowest BCUT2D eigenvalue weighted by molar-refractivity contribution is 0.780. The van der Waals surface area contributed by atoms with E-state index < -0.39 is 19.3 Å². The van der Waals surface area contributed by atoms with Gasteiger partial charge in [-0.1, -0.05) is 12.1 Å².